The van der Waals surface area contributed by atoms with Crippen LogP contribution in [0.1, 0.15) is 77.6 Å². The van der Waals surface area contributed by atoms with Crippen molar-refractivity contribution in [1.82, 2.24) is 0 Å². The number of carbonyl (C=O) groups is 2. The van der Waals surface area contributed by atoms with Crippen LogP contribution in [-0.2, 0) is 9.59 Å². The molecule has 0 aliphatic heterocycles. The van der Waals surface area contributed by atoms with Gasteiger partial charge in [0.15, 0.2) is 0 Å². The maximum Gasteiger partial charge on any atom is 0.307 e. The minimum absolute atomic E-state index is 0.0194. The minimum atomic E-state index is -0.714. The van der Waals surface area contributed by atoms with E-state index < -0.39 is 11.9 Å². The van der Waals surface area contributed by atoms with Gasteiger partial charge in [-0.3, -0.25) is 9.59 Å². The molecule has 0 radical (unpaired) electrons. The first-order valence-electron chi connectivity index (χ1n) is 9.84. The maximum atomic E-state index is 11.6. The Labute approximate surface area is 152 Å². The maximum absolute atomic E-state index is 11.6. The van der Waals surface area contributed by atoms with Crippen molar-refractivity contribution in [3.8, 4) is 0 Å². The summed E-state index contributed by atoms with van der Waals surface area (Å²) in [4.78, 5) is 22.0. The van der Waals surface area contributed by atoms with Crippen LogP contribution in [0.3, 0.4) is 0 Å². The Hall–Kier alpha value is -1.58. The molecule has 25 heavy (non-hydrogen) atoms. The van der Waals surface area contributed by atoms with Crippen LogP contribution in [0.25, 0.3) is 0 Å². The molecule has 2 N–H and O–H groups in total. The van der Waals surface area contributed by atoms with Gasteiger partial charge in [0.25, 0.3) is 0 Å². The summed E-state index contributed by atoms with van der Waals surface area (Å²) in [5, 5.41) is 18.1. The van der Waals surface area contributed by atoms with Gasteiger partial charge in [0.1, 0.15) is 0 Å². The molecular formula is C21H34O4. The van der Waals surface area contributed by atoms with Crippen LogP contribution in [0.5, 0.6) is 0 Å². The van der Waals surface area contributed by atoms with Gasteiger partial charge in [-0.2, -0.15) is 0 Å². The third-order valence-electron chi connectivity index (χ3n) is 4.99. The molecule has 0 saturated heterocycles. The molecule has 3 atom stereocenters. The predicted octanol–water partition coefficient (Wildman–Crippen LogP) is 5.44. The Morgan fingerprint density at radius 2 is 1.76 bits per heavy atom. The third kappa shape index (κ3) is 9.47. The van der Waals surface area contributed by atoms with E-state index in [0.717, 1.165) is 64.2 Å². The number of carboxylic acid groups (broad SMARTS) is 2. The average Bonchev–Trinajstić information content (AvgIpc) is 2.58. The van der Waals surface area contributed by atoms with Crippen LogP contribution in [0, 0.1) is 17.8 Å². The molecule has 142 valence electrons. The van der Waals surface area contributed by atoms with Crippen molar-refractivity contribution >= 4 is 11.9 Å². The van der Waals surface area contributed by atoms with Crippen LogP contribution in [0.2, 0.25) is 0 Å². The van der Waals surface area contributed by atoms with Crippen LogP contribution >= 0.6 is 0 Å². The van der Waals surface area contributed by atoms with E-state index in [4.69, 9.17) is 5.11 Å². The highest BCUT2D eigenvalue weighted by molar-refractivity contribution is 5.71. The number of unbranched alkanes of at least 4 members (excludes halogenated alkanes) is 6. The predicted molar refractivity (Wildman–Crippen MR) is 100 cm³/mol. The van der Waals surface area contributed by atoms with Crippen molar-refractivity contribution in [2.24, 2.45) is 17.8 Å². The van der Waals surface area contributed by atoms with Crippen molar-refractivity contribution in [2.45, 2.75) is 77.6 Å². The highest BCUT2D eigenvalue weighted by atomic mass is 16.4. The molecule has 0 amide bonds. The van der Waals surface area contributed by atoms with Gasteiger partial charge < -0.3 is 10.2 Å². The summed E-state index contributed by atoms with van der Waals surface area (Å²) >= 11 is 0. The minimum Gasteiger partial charge on any atom is -0.481 e. The normalized spacial score (nSPS) is 23.2. The van der Waals surface area contributed by atoms with Crippen molar-refractivity contribution in [1.29, 1.82) is 0 Å². The van der Waals surface area contributed by atoms with E-state index in [1.54, 1.807) is 0 Å². The lowest BCUT2D eigenvalue weighted by atomic mass is 9.77. The summed E-state index contributed by atoms with van der Waals surface area (Å²) in [7, 11) is 0. The molecule has 1 rings (SSSR count). The molecule has 1 aliphatic rings. The number of rotatable bonds is 13. The molecule has 0 aromatic rings. The SMILES string of the molecule is CCCCC1C=CC(/C=C/CCCCCCCC(=O)O)C(C(=O)O)C1. The topological polar surface area (TPSA) is 74.6 Å². The molecule has 1 aliphatic carbocycles. The van der Waals surface area contributed by atoms with E-state index in [1.165, 1.54) is 0 Å². The van der Waals surface area contributed by atoms with Crippen LogP contribution in [0.15, 0.2) is 24.3 Å². The van der Waals surface area contributed by atoms with E-state index in [2.05, 4.69) is 31.2 Å². The monoisotopic (exact) mass is 350 g/mol. The van der Waals surface area contributed by atoms with Gasteiger partial charge in [0.05, 0.1) is 5.92 Å². The zero-order chi connectivity index (χ0) is 18.5. The number of hydrogen-bond acceptors (Lipinski definition) is 2. The first kappa shape index (κ1) is 21.5. The second-order valence-corrected chi connectivity index (χ2v) is 7.17. The molecule has 4 heteroatoms. The third-order valence-corrected chi connectivity index (χ3v) is 4.99. The van der Waals surface area contributed by atoms with Crippen molar-refractivity contribution in [3.63, 3.8) is 0 Å². The van der Waals surface area contributed by atoms with E-state index in [-0.39, 0.29) is 18.3 Å². The fraction of sp³-hybridized carbons (Fsp3) is 0.714. The summed E-state index contributed by atoms with van der Waals surface area (Å²) in [6.07, 6.45) is 18.9. The van der Waals surface area contributed by atoms with Crippen molar-refractivity contribution < 1.29 is 19.8 Å². The Balaban J connectivity index is 2.27. The highest BCUT2D eigenvalue weighted by Gasteiger charge is 2.30. The Kier molecular flexibility index (Phi) is 10.9. The summed E-state index contributed by atoms with van der Waals surface area (Å²) in [5.41, 5.74) is 0. The van der Waals surface area contributed by atoms with Crippen LogP contribution in [0.4, 0.5) is 0 Å². The van der Waals surface area contributed by atoms with Gasteiger partial charge in [-0.1, -0.05) is 63.3 Å². The van der Waals surface area contributed by atoms with Crippen LogP contribution in [-0.4, -0.2) is 22.2 Å². The lowest BCUT2D eigenvalue weighted by Gasteiger charge is -2.27. The molecule has 0 fully saturated rings. The average molecular weight is 350 g/mol. The lowest BCUT2D eigenvalue weighted by Crippen LogP contribution is -2.26. The molecule has 0 saturated carbocycles. The molecular weight excluding hydrogens is 316 g/mol. The van der Waals surface area contributed by atoms with Gasteiger partial charge in [-0.25, -0.2) is 0 Å². The quantitative estimate of drug-likeness (QED) is 0.342. The van der Waals surface area contributed by atoms with Gasteiger partial charge in [-0.05, 0) is 38.0 Å². The zero-order valence-electron chi connectivity index (χ0n) is 15.5. The largest absolute Gasteiger partial charge is 0.481 e. The number of hydrogen-bond donors (Lipinski definition) is 2. The summed E-state index contributed by atoms with van der Waals surface area (Å²) in [6.45, 7) is 2.17. The van der Waals surface area contributed by atoms with Crippen molar-refractivity contribution in [2.75, 3.05) is 0 Å². The molecule has 0 bridgehead atoms. The smallest absolute Gasteiger partial charge is 0.307 e. The van der Waals surface area contributed by atoms with E-state index in [1.807, 2.05) is 0 Å². The molecule has 0 heterocycles. The van der Waals surface area contributed by atoms with Crippen LogP contribution < -0.4 is 0 Å². The number of carboxylic acids is 2. The van der Waals surface area contributed by atoms with Gasteiger partial charge in [0.2, 0.25) is 0 Å². The summed E-state index contributed by atoms with van der Waals surface area (Å²) in [5.74, 6) is -1.26. The number of allylic oxidation sites excluding steroid dienone is 4. The fourth-order valence-corrected chi connectivity index (χ4v) is 3.45. The van der Waals surface area contributed by atoms with Crippen molar-refractivity contribution in [3.05, 3.63) is 24.3 Å². The van der Waals surface area contributed by atoms with E-state index >= 15 is 0 Å². The Morgan fingerprint density at radius 1 is 1.04 bits per heavy atom. The second-order valence-electron chi connectivity index (χ2n) is 7.17. The summed E-state index contributed by atoms with van der Waals surface area (Å²) in [6, 6.07) is 0. The molecule has 0 aromatic carbocycles. The second kappa shape index (κ2) is 12.7. The van der Waals surface area contributed by atoms with Gasteiger partial charge >= 0.3 is 11.9 Å². The summed E-state index contributed by atoms with van der Waals surface area (Å²) < 4.78 is 0. The number of aliphatic carboxylic acids is 2. The Bertz CT molecular complexity index is 453. The first-order chi connectivity index (χ1) is 12.0. The van der Waals surface area contributed by atoms with E-state index in [9.17, 15) is 14.7 Å². The highest BCUT2D eigenvalue weighted by Crippen LogP contribution is 2.32. The molecule has 0 spiro atoms. The fourth-order valence-electron chi connectivity index (χ4n) is 3.45. The molecule has 3 unspecified atom stereocenters. The van der Waals surface area contributed by atoms with Gasteiger partial charge in [-0.15, -0.1) is 0 Å². The molecule has 0 aromatic heterocycles. The zero-order valence-corrected chi connectivity index (χ0v) is 15.5. The lowest BCUT2D eigenvalue weighted by molar-refractivity contribution is -0.143. The van der Waals surface area contributed by atoms with E-state index in [0.29, 0.717) is 5.92 Å². The standard InChI is InChI=1S/C21H34O4/c1-2-3-11-17-14-15-18(19(16-17)21(24)25)12-9-7-5-4-6-8-10-13-20(22)23/h9,12,14-15,17-19H,2-8,10-11,13,16H2,1H3,(H,22,23)(H,24,25)/b12-9+. The first-order valence-corrected chi connectivity index (χ1v) is 9.84. The Morgan fingerprint density at radius 3 is 2.44 bits per heavy atom. The molecule has 4 nitrogen and oxygen atoms in total. The van der Waals surface area contributed by atoms with Gasteiger partial charge in [0, 0.05) is 12.3 Å².